The maximum absolute atomic E-state index is 13.0. The topological polar surface area (TPSA) is 73.4 Å². The molecule has 0 unspecified atom stereocenters. The molecule has 144 valence electrons. The number of nitrogens with zero attached hydrogens (tertiary/aromatic N) is 1. The van der Waals surface area contributed by atoms with Crippen LogP contribution >= 0.6 is 0 Å². The Labute approximate surface area is 161 Å². The first-order valence-corrected chi connectivity index (χ1v) is 8.39. The van der Waals surface area contributed by atoms with Gasteiger partial charge >= 0.3 is 0 Å². The molecule has 2 aromatic carbocycles. The summed E-state index contributed by atoms with van der Waals surface area (Å²) in [5.41, 5.74) is 2.45. The van der Waals surface area contributed by atoms with Crippen molar-refractivity contribution in [3.05, 3.63) is 65.6 Å². The SMILES string of the molecule is COc1cc(-c2cc(C=CC(=O)c3ccc(F)cc3)[nH]n2)cc(OC)c1OC. The Morgan fingerprint density at radius 1 is 1.00 bits per heavy atom. The summed E-state index contributed by atoms with van der Waals surface area (Å²) in [6.07, 6.45) is 3.01. The second-order valence-electron chi connectivity index (χ2n) is 5.83. The van der Waals surface area contributed by atoms with E-state index < -0.39 is 0 Å². The Morgan fingerprint density at radius 2 is 1.64 bits per heavy atom. The van der Waals surface area contributed by atoms with Crippen LogP contribution in [-0.4, -0.2) is 37.3 Å². The fourth-order valence-corrected chi connectivity index (χ4v) is 2.67. The van der Waals surface area contributed by atoms with Gasteiger partial charge in [0.15, 0.2) is 17.3 Å². The van der Waals surface area contributed by atoms with Crippen molar-refractivity contribution in [1.29, 1.82) is 0 Å². The third kappa shape index (κ3) is 4.03. The number of aromatic amines is 1. The van der Waals surface area contributed by atoms with Gasteiger partial charge in [-0.1, -0.05) is 0 Å². The molecule has 0 bridgehead atoms. The van der Waals surface area contributed by atoms with E-state index in [1.54, 1.807) is 38.5 Å². The average Bonchev–Trinajstić information content (AvgIpc) is 3.20. The van der Waals surface area contributed by atoms with E-state index in [1.807, 2.05) is 0 Å². The summed E-state index contributed by atoms with van der Waals surface area (Å²) in [7, 11) is 4.62. The number of ketones is 1. The molecule has 0 aliphatic carbocycles. The van der Waals surface area contributed by atoms with Crippen molar-refractivity contribution >= 4 is 11.9 Å². The van der Waals surface area contributed by atoms with E-state index in [1.165, 1.54) is 37.5 Å². The summed E-state index contributed by atoms with van der Waals surface area (Å²) in [4.78, 5) is 12.2. The molecule has 6 nitrogen and oxygen atoms in total. The summed E-state index contributed by atoms with van der Waals surface area (Å²) in [5.74, 6) is 0.911. The lowest BCUT2D eigenvalue weighted by molar-refractivity contribution is 0.104. The van der Waals surface area contributed by atoms with E-state index in [9.17, 15) is 9.18 Å². The molecule has 7 heteroatoms. The van der Waals surface area contributed by atoms with Crippen LogP contribution < -0.4 is 14.2 Å². The fraction of sp³-hybridized carbons (Fsp3) is 0.143. The number of rotatable bonds is 7. The highest BCUT2D eigenvalue weighted by Gasteiger charge is 2.15. The molecule has 3 aromatic rings. The summed E-state index contributed by atoms with van der Waals surface area (Å²) >= 11 is 0. The average molecular weight is 382 g/mol. The number of allylic oxidation sites excluding steroid dienone is 1. The largest absolute Gasteiger partial charge is 0.493 e. The first-order chi connectivity index (χ1) is 13.5. The number of carbonyl (C=O) groups excluding carboxylic acids is 1. The highest BCUT2D eigenvalue weighted by molar-refractivity contribution is 6.06. The zero-order valence-electron chi connectivity index (χ0n) is 15.7. The van der Waals surface area contributed by atoms with Crippen LogP contribution in [0.25, 0.3) is 17.3 Å². The lowest BCUT2D eigenvalue weighted by atomic mass is 10.1. The molecule has 0 atom stereocenters. The highest BCUT2D eigenvalue weighted by atomic mass is 19.1. The molecule has 1 heterocycles. The number of nitrogens with one attached hydrogen (secondary N) is 1. The monoisotopic (exact) mass is 382 g/mol. The van der Waals surface area contributed by atoms with E-state index in [0.717, 1.165) is 5.56 Å². The number of halogens is 1. The normalized spacial score (nSPS) is 10.9. The predicted octanol–water partition coefficient (Wildman–Crippen LogP) is 4.14. The van der Waals surface area contributed by atoms with E-state index in [2.05, 4.69) is 10.2 Å². The number of methoxy groups -OCH3 is 3. The second-order valence-corrected chi connectivity index (χ2v) is 5.83. The molecule has 0 saturated carbocycles. The van der Waals surface area contributed by atoms with Gasteiger partial charge in [0.1, 0.15) is 5.82 Å². The molecule has 0 aliphatic rings. The lowest BCUT2D eigenvalue weighted by Gasteiger charge is -2.13. The van der Waals surface area contributed by atoms with Gasteiger partial charge in [0, 0.05) is 11.1 Å². The van der Waals surface area contributed by atoms with E-state index in [0.29, 0.717) is 34.2 Å². The van der Waals surface area contributed by atoms with Crippen molar-refractivity contribution < 1.29 is 23.4 Å². The standard InChI is InChI=1S/C21H19FN2O4/c1-26-19-10-14(11-20(27-2)21(19)28-3)17-12-16(23-24-17)8-9-18(25)13-4-6-15(22)7-5-13/h4-12H,1-3H3,(H,23,24). The number of hydrogen-bond acceptors (Lipinski definition) is 5. The van der Waals surface area contributed by atoms with Crippen LogP contribution in [0.2, 0.25) is 0 Å². The predicted molar refractivity (Wildman–Crippen MR) is 103 cm³/mol. The minimum absolute atomic E-state index is 0.232. The van der Waals surface area contributed by atoms with Crippen LogP contribution in [0.3, 0.4) is 0 Å². The molecule has 1 N–H and O–H groups in total. The summed E-state index contributed by atoms with van der Waals surface area (Å²) in [6.45, 7) is 0. The number of benzene rings is 2. The van der Waals surface area contributed by atoms with Crippen molar-refractivity contribution in [2.45, 2.75) is 0 Å². The van der Waals surface area contributed by atoms with Gasteiger partial charge in [0.05, 0.1) is 32.7 Å². The van der Waals surface area contributed by atoms with Crippen LogP contribution in [0, 0.1) is 5.82 Å². The minimum atomic E-state index is -0.385. The Morgan fingerprint density at radius 3 is 2.21 bits per heavy atom. The molecular formula is C21H19FN2O4. The van der Waals surface area contributed by atoms with Crippen molar-refractivity contribution in [3.63, 3.8) is 0 Å². The molecule has 0 spiro atoms. The number of hydrogen-bond donors (Lipinski definition) is 1. The van der Waals surface area contributed by atoms with Gasteiger partial charge in [-0.3, -0.25) is 9.89 Å². The summed E-state index contributed by atoms with van der Waals surface area (Å²) < 4.78 is 29.0. The second kappa shape index (κ2) is 8.39. The van der Waals surface area contributed by atoms with Crippen LogP contribution in [0.5, 0.6) is 17.2 Å². The molecule has 0 aliphatic heterocycles. The van der Waals surface area contributed by atoms with Gasteiger partial charge in [0.25, 0.3) is 0 Å². The minimum Gasteiger partial charge on any atom is -0.493 e. The molecule has 0 fully saturated rings. The number of aromatic nitrogens is 2. The maximum Gasteiger partial charge on any atom is 0.203 e. The lowest BCUT2D eigenvalue weighted by Crippen LogP contribution is -1.95. The van der Waals surface area contributed by atoms with Gasteiger partial charge in [-0.15, -0.1) is 0 Å². The molecular weight excluding hydrogens is 363 g/mol. The van der Waals surface area contributed by atoms with Crippen LogP contribution in [0.4, 0.5) is 4.39 Å². The summed E-state index contributed by atoms with van der Waals surface area (Å²) in [5, 5.41) is 7.13. The van der Waals surface area contributed by atoms with Gasteiger partial charge in [-0.05, 0) is 54.6 Å². The molecule has 1 aromatic heterocycles. The third-order valence-electron chi connectivity index (χ3n) is 4.10. The summed E-state index contributed by atoms with van der Waals surface area (Å²) in [6, 6.07) is 10.7. The zero-order chi connectivity index (χ0) is 20.1. The molecule has 0 amide bonds. The fourth-order valence-electron chi connectivity index (χ4n) is 2.67. The number of ether oxygens (including phenoxy) is 3. The zero-order valence-corrected chi connectivity index (χ0v) is 15.7. The van der Waals surface area contributed by atoms with Gasteiger partial charge in [0.2, 0.25) is 5.75 Å². The third-order valence-corrected chi connectivity index (χ3v) is 4.10. The van der Waals surface area contributed by atoms with Gasteiger partial charge in [-0.2, -0.15) is 5.10 Å². The Hall–Kier alpha value is -3.61. The van der Waals surface area contributed by atoms with Crippen molar-refractivity contribution in [2.75, 3.05) is 21.3 Å². The van der Waals surface area contributed by atoms with Crippen molar-refractivity contribution in [1.82, 2.24) is 10.2 Å². The first kappa shape index (κ1) is 19.2. The van der Waals surface area contributed by atoms with Crippen LogP contribution in [0.15, 0.2) is 48.5 Å². The molecule has 0 saturated heterocycles. The van der Waals surface area contributed by atoms with E-state index >= 15 is 0 Å². The van der Waals surface area contributed by atoms with Gasteiger partial charge < -0.3 is 14.2 Å². The van der Waals surface area contributed by atoms with Crippen molar-refractivity contribution in [2.24, 2.45) is 0 Å². The maximum atomic E-state index is 13.0. The molecule has 28 heavy (non-hydrogen) atoms. The van der Waals surface area contributed by atoms with Crippen LogP contribution in [0.1, 0.15) is 16.1 Å². The van der Waals surface area contributed by atoms with E-state index in [-0.39, 0.29) is 11.6 Å². The first-order valence-electron chi connectivity index (χ1n) is 8.39. The number of carbonyl (C=O) groups is 1. The Kier molecular flexibility index (Phi) is 5.74. The number of H-pyrrole nitrogens is 1. The van der Waals surface area contributed by atoms with Crippen LogP contribution in [-0.2, 0) is 0 Å². The smallest absolute Gasteiger partial charge is 0.203 e. The Bertz CT molecular complexity index is 984. The molecule has 3 rings (SSSR count). The quantitative estimate of drug-likeness (QED) is 0.491. The Balaban J connectivity index is 1.84. The van der Waals surface area contributed by atoms with Gasteiger partial charge in [-0.25, -0.2) is 4.39 Å². The highest BCUT2D eigenvalue weighted by Crippen LogP contribution is 2.40. The van der Waals surface area contributed by atoms with Crippen molar-refractivity contribution in [3.8, 4) is 28.5 Å². The molecule has 0 radical (unpaired) electrons. The van der Waals surface area contributed by atoms with E-state index in [4.69, 9.17) is 14.2 Å².